The molecular formula is C23H23N5O2S2. The fourth-order valence-electron chi connectivity index (χ4n) is 4.19. The normalized spacial score (nSPS) is 14.2. The summed E-state index contributed by atoms with van der Waals surface area (Å²) in [5.41, 5.74) is 4.22. The molecule has 1 aliphatic carbocycles. The number of nitro benzene ring substituents is 1. The number of nitrogens with one attached hydrogen (secondary N) is 1. The van der Waals surface area contributed by atoms with E-state index in [1.807, 2.05) is 13.2 Å². The van der Waals surface area contributed by atoms with Gasteiger partial charge in [0.1, 0.15) is 6.07 Å². The first kappa shape index (κ1) is 22.2. The molecule has 0 bridgehead atoms. The second-order valence-electron chi connectivity index (χ2n) is 7.82. The average molecular weight is 466 g/mol. The van der Waals surface area contributed by atoms with Crippen LogP contribution in [0.5, 0.6) is 0 Å². The summed E-state index contributed by atoms with van der Waals surface area (Å²) in [5, 5.41) is 24.1. The first-order valence-corrected chi connectivity index (χ1v) is 12.5. The summed E-state index contributed by atoms with van der Waals surface area (Å²) < 4.78 is 1.02. The number of nitro groups is 1. The van der Waals surface area contributed by atoms with E-state index in [4.69, 9.17) is 4.98 Å². The van der Waals surface area contributed by atoms with Gasteiger partial charge in [0.25, 0.3) is 5.69 Å². The molecule has 1 aromatic carbocycles. The number of thioether (sulfide) groups is 1. The van der Waals surface area contributed by atoms with E-state index in [2.05, 4.69) is 16.4 Å². The van der Waals surface area contributed by atoms with Crippen LogP contribution in [0, 0.1) is 28.4 Å². The lowest BCUT2D eigenvalue weighted by molar-refractivity contribution is -0.384. The Morgan fingerprint density at radius 1 is 1.31 bits per heavy atom. The number of anilines is 2. The molecule has 1 fully saturated rings. The van der Waals surface area contributed by atoms with Crippen LogP contribution >= 0.6 is 23.1 Å². The summed E-state index contributed by atoms with van der Waals surface area (Å²) in [4.78, 5) is 20.9. The highest BCUT2D eigenvalue weighted by molar-refractivity contribution is 8.00. The number of rotatable bonds is 6. The molecule has 0 saturated heterocycles. The van der Waals surface area contributed by atoms with Crippen molar-refractivity contribution in [2.24, 2.45) is 0 Å². The molecule has 0 amide bonds. The van der Waals surface area contributed by atoms with Crippen molar-refractivity contribution in [1.29, 1.82) is 5.26 Å². The quantitative estimate of drug-likeness (QED) is 0.242. The van der Waals surface area contributed by atoms with Crippen LogP contribution in [0.15, 0.2) is 34.7 Å². The second kappa shape index (κ2) is 9.67. The van der Waals surface area contributed by atoms with Crippen LogP contribution in [0.1, 0.15) is 54.7 Å². The average Bonchev–Trinajstić information content (AvgIpc) is 3.19. The Hall–Kier alpha value is -2.96. The predicted molar refractivity (Wildman–Crippen MR) is 129 cm³/mol. The highest BCUT2D eigenvalue weighted by Gasteiger charge is 2.28. The first-order valence-electron chi connectivity index (χ1n) is 10.5. The standard InChI is InChI=1S/C23H23N5O2S2/c1-14-13-25-23(26-16-9-6-10-17(11-16)28(29)30)27-20(14)21-19(15-7-4-3-5-8-15)18(12-24)22(31-2)32-21/h6,9-11,13,15H,3-5,7-8H2,1-2H3,(H,25,26,27). The second-order valence-corrected chi connectivity index (χ2v) is 9.91. The van der Waals surface area contributed by atoms with Crippen molar-refractivity contribution in [3.8, 4) is 16.6 Å². The highest BCUT2D eigenvalue weighted by atomic mass is 32.2. The van der Waals surface area contributed by atoms with Crippen molar-refractivity contribution in [2.75, 3.05) is 11.6 Å². The number of thiophene rings is 1. The summed E-state index contributed by atoms with van der Waals surface area (Å²) in [6.45, 7) is 1.97. The van der Waals surface area contributed by atoms with Crippen molar-refractivity contribution in [3.05, 3.63) is 57.3 Å². The van der Waals surface area contributed by atoms with E-state index in [9.17, 15) is 15.4 Å². The molecular weight excluding hydrogens is 442 g/mol. The van der Waals surface area contributed by atoms with Crippen LogP contribution in [0.25, 0.3) is 10.6 Å². The van der Waals surface area contributed by atoms with E-state index >= 15 is 0 Å². The van der Waals surface area contributed by atoms with Gasteiger partial charge in [0, 0.05) is 24.0 Å². The van der Waals surface area contributed by atoms with Crippen molar-refractivity contribution >= 4 is 40.4 Å². The van der Waals surface area contributed by atoms with Crippen molar-refractivity contribution < 1.29 is 4.92 Å². The van der Waals surface area contributed by atoms with Crippen LogP contribution in [0.4, 0.5) is 17.3 Å². The molecule has 2 heterocycles. The maximum Gasteiger partial charge on any atom is 0.271 e. The molecule has 7 nitrogen and oxygen atoms in total. The molecule has 32 heavy (non-hydrogen) atoms. The van der Waals surface area contributed by atoms with E-state index in [0.29, 0.717) is 17.6 Å². The Kier molecular flexibility index (Phi) is 6.72. The molecule has 9 heteroatoms. The minimum absolute atomic E-state index is 0.00320. The molecule has 1 saturated carbocycles. The SMILES string of the molecule is CSc1sc(-c2nc(Nc3cccc([N+](=O)[O-])c3)ncc2C)c(C2CCCCC2)c1C#N. The summed E-state index contributed by atoms with van der Waals surface area (Å²) in [6, 6.07) is 8.74. The fourth-order valence-corrected chi connectivity index (χ4v) is 6.26. The number of benzene rings is 1. The van der Waals surface area contributed by atoms with Crippen LogP contribution in [-0.2, 0) is 0 Å². The third kappa shape index (κ3) is 4.47. The molecule has 2 aromatic heterocycles. The van der Waals surface area contributed by atoms with Crippen LogP contribution in [0.2, 0.25) is 0 Å². The highest BCUT2D eigenvalue weighted by Crippen LogP contribution is 2.48. The van der Waals surface area contributed by atoms with Gasteiger partial charge in [-0.15, -0.1) is 23.1 Å². The van der Waals surface area contributed by atoms with Gasteiger partial charge in [-0.2, -0.15) is 5.26 Å². The van der Waals surface area contributed by atoms with E-state index in [1.54, 1.807) is 41.4 Å². The number of hydrogen-bond donors (Lipinski definition) is 1. The van der Waals surface area contributed by atoms with Gasteiger partial charge in [0.2, 0.25) is 5.95 Å². The van der Waals surface area contributed by atoms with Gasteiger partial charge in [-0.05, 0) is 49.1 Å². The third-order valence-electron chi connectivity index (χ3n) is 5.72. The zero-order chi connectivity index (χ0) is 22.7. The molecule has 0 spiro atoms. The van der Waals surface area contributed by atoms with Crippen LogP contribution in [0.3, 0.4) is 0 Å². The van der Waals surface area contributed by atoms with E-state index in [1.165, 1.54) is 31.4 Å². The summed E-state index contributed by atoms with van der Waals surface area (Å²) >= 11 is 3.23. The zero-order valence-corrected chi connectivity index (χ0v) is 19.6. The molecule has 0 atom stereocenters. The van der Waals surface area contributed by atoms with Gasteiger partial charge >= 0.3 is 0 Å². The first-order chi connectivity index (χ1) is 15.5. The molecule has 164 valence electrons. The minimum atomic E-state index is -0.429. The number of nitriles is 1. The van der Waals surface area contributed by atoms with Gasteiger partial charge in [-0.25, -0.2) is 9.97 Å². The number of nitrogens with zero attached hydrogens (tertiary/aromatic N) is 4. The number of aromatic nitrogens is 2. The van der Waals surface area contributed by atoms with Gasteiger partial charge < -0.3 is 5.32 Å². The summed E-state index contributed by atoms with van der Waals surface area (Å²) in [7, 11) is 0. The van der Waals surface area contributed by atoms with E-state index in [-0.39, 0.29) is 5.69 Å². The maximum absolute atomic E-state index is 11.1. The Morgan fingerprint density at radius 3 is 2.78 bits per heavy atom. The Balaban J connectivity index is 1.77. The van der Waals surface area contributed by atoms with Crippen molar-refractivity contribution in [2.45, 2.75) is 49.2 Å². The van der Waals surface area contributed by atoms with E-state index < -0.39 is 4.92 Å². The lowest BCUT2D eigenvalue weighted by Gasteiger charge is -2.23. The monoisotopic (exact) mass is 465 g/mol. The van der Waals surface area contributed by atoms with Crippen molar-refractivity contribution in [3.63, 3.8) is 0 Å². The van der Waals surface area contributed by atoms with Gasteiger partial charge in [0.15, 0.2) is 0 Å². The van der Waals surface area contributed by atoms with Gasteiger partial charge in [-0.3, -0.25) is 10.1 Å². The number of aryl methyl sites for hydroxylation is 1. The molecule has 0 aliphatic heterocycles. The predicted octanol–water partition coefficient (Wildman–Crippen LogP) is 6.81. The smallest absolute Gasteiger partial charge is 0.271 e. The minimum Gasteiger partial charge on any atom is -0.324 e. The Bertz CT molecular complexity index is 1200. The molecule has 4 rings (SSSR count). The van der Waals surface area contributed by atoms with E-state index in [0.717, 1.165) is 44.3 Å². The zero-order valence-electron chi connectivity index (χ0n) is 17.9. The molecule has 0 radical (unpaired) electrons. The van der Waals surface area contributed by atoms with Crippen LogP contribution < -0.4 is 5.32 Å². The molecule has 1 aliphatic rings. The van der Waals surface area contributed by atoms with Gasteiger partial charge in [0.05, 0.1) is 25.3 Å². The largest absolute Gasteiger partial charge is 0.324 e. The van der Waals surface area contributed by atoms with Crippen molar-refractivity contribution in [1.82, 2.24) is 9.97 Å². The van der Waals surface area contributed by atoms with Gasteiger partial charge in [-0.1, -0.05) is 25.3 Å². The Labute approximate surface area is 195 Å². The topological polar surface area (TPSA) is 105 Å². The molecule has 1 N–H and O–H groups in total. The lowest BCUT2D eigenvalue weighted by atomic mass is 9.82. The molecule has 0 unspecified atom stereocenters. The third-order valence-corrected chi connectivity index (χ3v) is 8.06. The number of non-ortho nitro benzene ring substituents is 1. The summed E-state index contributed by atoms with van der Waals surface area (Å²) in [5.74, 6) is 0.742. The molecule has 3 aromatic rings. The Morgan fingerprint density at radius 2 is 2.09 bits per heavy atom. The fraction of sp³-hybridized carbons (Fsp3) is 0.348. The summed E-state index contributed by atoms with van der Waals surface area (Å²) in [6.07, 6.45) is 9.56. The lowest BCUT2D eigenvalue weighted by Crippen LogP contribution is -2.07. The number of hydrogen-bond acceptors (Lipinski definition) is 8. The van der Waals surface area contributed by atoms with Crippen LogP contribution in [-0.4, -0.2) is 21.1 Å². The maximum atomic E-state index is 11.1.